The molecule has 0 saturated heterocycles. The molecule has 0 N–H and O–H groups in total. The smallest absolute Gasteiger partial charge is 0.305 e. The third kappa shape index (κ3) is 15.6. The van der Waals surface area contributed by atoms with Crippen molar-refractivity contribution in [2.75, 3.05) is 13.2 Å². The van der Waals surface area contributed by atoms with Crippen LogP contribution in [-0.2, 0) is 14.0 Å². The molecule has 0 bridgehead atoms. The van der Waals surface area contributed by atoms with Gasteiger partial charge in [0.1, 0.15) is 6.61 Å². The molecule has 0 unspecified atom stereocenters. The lowest BCUT2D eigenvalue weighted by Crippen LogP contribution is -2.27. The largest absolute Gasteiger partial charge is 0.463 e. The maximum Gasteiger partial charge on any atom is 0.305 e. The van der Waals surface area contributed by atoms with E-state index in [1.807, 2.05) is 0 Å². The molecule has 0 aromatic rings. The molecule has 0 aromatic carbocycles. The van der Waals surface area contributed by atoms with E-state index in [9.17, 15) is 4.79 Å². The zero-order valence-electron chi connectivity index (χ0n) is 13.3. The fraction of sp³-hybridized carbons (Fsp3) is 0.933. The van der Waals surface area contributed by atoms with Crippen LogP contribution in [0.25, 0.3) is 0 Å². The highest BCUT2D eigenvalue weighted by Gasteiger charge is 2.13. The average molecular weight is 289 g/mol. The molecule has 0 aromatic heterocycles. The van der Waals surface area contributed by atoms with Crippen LogP contribution in [0.3, 0.4) is 0 Å². The topological polar surface area (TPSA) is 35.5 Å². The standard InChI is InChI=1S/C15H32O3Si/c1-5-6-7-8-9-10-11-12-15(16)17-13-14-18-19(2,3)4/h5-14H2,1-4H3. The van der Waals surface area contributed by atoms with Gasteiger partial charge in [-0.2, -0.15) is 0 Å². The Balaban J connectivity index is 3.26. The molecule has 0 aliphatic carbocycles. The van der Waals surface area contributed by atoms with E-state index in [0.29, 0.717) is 19.6 Å². The Morgan fingerprint density at radius 3 is 2.05 bits per heavy atom. The highest BCUT2D eigenvalue weighted by molar-refractivity contribution is 6.69. The molecule has 4 heteroatoms. The van der Waals surface area contributed by atoms with E-state index in [0.717, 1.165) is 12.8 Å². The Morgan fingerprint density at radius 2 is 1.47 bits per heavy atom. The van der Waals surface area contributed by atoms with Crippen LogP contribution in [0.5, 0.6) is 0 Å². The highest BCUT2D eigenvalue weighted by atomic mass is 28.4. The summed E-state index contributed by atoms with van der Waals surface area (Å²) < 4.78 is 10.8. The third-order valence-electron chi connectivity index (χ3n) is 2.87. The molecule has 0 spiro atoms. The Morgan fingerprint density at radius 1 is 0.895 bits per heavy atom. The summed E-state index contributed by atoms with van der Waals surface area (Å²) in [6.07, 6.45) is 9.14. The molecule has 0 amide bonds. The van der Waals surface area contributed by atoms with Gasteiger partial charge in [-0.1, -0.05) is 45.4 Å². The second kappa shape index (κ2) is 11.5. The summed E-state index contributed by atoms with van der Waals surface area (Å²) >= 11 is 0. The summed E-state index contributed by atoms with van der Waals surface area (Å²) in [4.78, 5) is 11.4. The minimum atomic E-state index is -1.47. The van der Waals surface area contributed by atoms with E-state index in [4.69, 9.17) is 9.16 Å². The van der Waals surface area contributed by atoms with Gasteiger partial charge in [0.2, 0.25) is 0 Å². The summed E-state index contributed by atoms with van der Waals surface area (Å²) in [5.41, 5.74) is 0. The maximum atomic E-state index is 11.4. The van der Waals surface area contributed by atoms with Gasteiger partial charge in [0, 0.05) is 6.42 Å². The molecule has 0 radical (unpaired) electrons. The van der Waals surface area contributed by atoms with E-state index in [-0.39, 0.29) is 5.97 Å². The lowest BCUT2D eigenvalue weighted by atomic mass is 10.1. The van der Waals surface area contributed by atoms with Gasteiger partial charge in [-0.25, -0.2) is 0 Å². The van der Waals surface area contributed by atoms with Crippen molar-refractivity contribution in [3.63, 3.8) is 0 Å². The third-order valence-corrected chi connectivity index (χ3v) is 3.94. The van der Waals surface area contributed by atoms with E-state index >= 15 is 0 Å². The van der Waals surface area contributed by atoms with Crippen LogP contribution in [0.4, 0.5) is 0 Å². The van der Waals surface area contributed by atoms with Gasteiger partial charge in [-0.15, -0.1) is 0 Å². The fourth-order valence-corrected chi connectivity index (χ4v) is 2.50. The molecule has 19 heavy (non-hydrogen) atoms. The van der Waals surface area contributed by atoms with Gasteiger partial charge in [0.05, 0.1) is 6.61 Å². The number of carbonyl (C=O) groups is 1. The molecule has 0 heterocycles. The van der Waals surface area contributed by atoms with Crippen LogP contribution < -0.4 is 0 Å². The summed E-state index contributed by atoms with van der Waals surface area (Å²) in [5, 5.41) is 0. The number of hydrogen-bond donors (Lipinski definition) is 0. The Hall–Kier alpha value is -0.353. The molecule has 114 valence electrons. The number of esters is 1. The molecular weight excluding hydrogens is 256 g/mol. The number of unbranched alkanes of at least 4 members (excludes halogenated alkanes) is 6. The summed E-state index contributed by atoms with van der Waals surface area (Å²) in [5.74, 6) is -0.0762. The van der Waals surface area contributed by atoms with E-state index in [1.54, 1.807) is 0 Å². The van der Waals surface area contributed by atoms with Crippen LogP contribution in [0, 0.1) is 0 Å². The van der Waals surface area contributed by atoms with E-state index in [2.05, 4.69) is 26.6 Å². The van der Waals surface area contributed by atoms with Gasteiger partial charge in [-0.3, -0.25) is 4.79 Å². The van der Waals surface area contributed by atoms with E-state index in [1.165, 1.54) is 32.1 Å². The van der Waals surface area contributed by atoms with Crippen LogP contribution in [0.15, 0.2) is 0 Å². The van der Waals surface area contributed by atoms with Crippen molar-refractivity contribution in [2.24, 2.45) is 0 Å². The van der Waals surface area contributed by atoms with Gasteiger partial charge < -0.3 is 9.16 Å². The average Bonchev–Trinajstić information content (AvgIpc) is 2.32. The molecule has 0 saturated carbocycles. The Labute approximate surface area is 120 Å². The first-order chi connectivity index (χ1) is 8.95. The van der Waals surface area contributed by atoms with Gasteiger partial charge in [-0.05, 0) is 26.1 Å². The van der Waals surface area contributed by atoms with Gasteiger partial charge in [0.25, 0.3) is 0 Å². The second-order valence-electron chi connectivity index (χ2n) is 6.05. The van der Waals surface area contributed by atoms with Crippen LogP contribution >= 0.6 is 0 Å². The zero-order chi connectivity index (χ0) is 14.6. The minimum Gasteiger partial charge on any atom is -0.463 e. The number of carbonyl (C=O) groups excluding carboxylic acids is 1. The molecular formula is C15H32O3Si. The normalized spacial score (nSPS) is 11.6. The minimum absolute atomic E-state index is 0.0762. The first kappa shape index (κ1) is 18.6. The molecule has 0 aliphatic heterocycles. The van der Waals surface area contributed by atoms with Crippen LogP contribution in [-0.4, -0.2) is 27.5 Å². The fourth-order valence-electron chi connectivity index (χ4n) is 1.80. The van der Waals surface area contributed by atoms with Gasteiger partial charge >= 0.3 is 5.97 Å². The Kier molecular flexibility index (Phi) is 11.3. The Bertz CT molecular complexity index is 224. The lowest BCUT2D eigenvalue weighted by Gasteiger charge is -2.16. The molecule has 0 fully saturated rings. The van der Waals surface area contributed by atoms with E-state index < -0.39 is 8.32 Å². The zero-order valence-corrected chi connectivity index (χ0v) is 14.3. The first-order valence-electron chi connectivity index (χ1n) is 7.75. The number of hydrogen-bond acceptors (Lipinski definition) is 3. The van der Waals surface area contributed by atoms with Crippen molar-refractivity contribution < 1.29 is 14.0 Å². The van der Waals surface area contributed by atoms with Crippen molar-refractivity contribution in [1.29, 1.82) is 0 Å². The molecule has 0 aliphatic rings. The molecule has 0 atom stereocenters. The quantitative estimate of drug-likeness (QED) is 0.301. The molecule has 3 nitrogen and oxygen atoms in total. The molecule has 0 rings (SSSR count). The van der Waals surface area contributed by atoms with Crippen molar-refractivity contribution in [2.45, 2.75) is 77.9 Å². The SMILES string of the molecule is CCCCCCCCCC(=O)OCCO[Si](C)(C)C. The van der Waals surface area contributed by atoms with Crippen LogP contribution in [0.2, 0.25) is 19.6 Å². The maximum absolute atomic E-state index is 11.4. The highest BCUT2D eigenvalue weighted by Crippen LogP contribution is 2.09. The summed E-state index contributed by atoms with van der Waals surface area (Å²) in [7, 11) is -1.47. The predicted molar refractivity (Wildman–Crippen MR) is 82.9 cm³/mol. The first-order valence-corrected chi connectivity index (χ1v) is 11.2. The predicted octanol–water partition coefficient (Wildman–Crippen LogP) is 4.52. The monoisotopic (exact) mass is 288 g/mol. The van der Waals surface area contributed by atoms with Crippen LogP contribution in [0.1, 0.15) is 58.3 Å². The van der Waals surface area contributed by atoms with Crippen molar-refractivity contribution in [1.82, 2.24) is 0 Å². The van der Waals surface area contributed by atoms with Crippen molar-refractivity contribution >= 4 is 14.3 Å². The van der Waals surface area contributed by atoms with Crippen molar-refractivity contribution in [3.8, 4) is 0 Å². The second-order valence-corrected chi connectivity index (χ2v) is 10.6. The van der Waals surface area contributed by atoms with Gasteiger partial charge in [0.15, 0.2) is 8.32 Å². The number of ether oxygens (including phenoxy) is 1. The summed E-state index contributed by atoms with van der Waals surface area (Å²) in [6.45, 7) is 9.56. The summed E-state index contributed by atoms with van der Waals surface area (Å²) in [6, 6.07) is 0. The number of rotatable bonds is 12. The lowest BCUT2D eigenvalue weighted by molar-refractivity contribution is -0.144. The van der Waals surface area contributed by atoms with Crippen molar-refractivity contribution in [3.05, 3.63) is 0 Å².